The van der Waals surface area contributed by atoms with Crippen molar-refractivity contribution in [1.29, 1.82) is 0 Å². The van der Waals surface area contributed by atoms with E-state index >= 15 is 0 Å². The van der Waals surface area contributed by atoms with Crippen LogP contribution in [0.2, 0.25) is 5.02 Å². The predicted molar refractivity (Wildman–Crippen MR) is 85.6 cm³/mol. The molecule has 20 heavy (non-hydrogen) atoms. The Labute approximate surface area is 127 Å². The Balaban J connectivity index is 1.95. The van der Waals surface area contributed by atoms with Crippen molar-refractivity contribution in [2.75, 3.05) is 38.3 Å². The van der Waals surface area contributed by atoms with Crippen molar-refractivity contribution in [2.45, 2.75) is 26.8 Å². The van der Waals surface area contributed by atoms with Crippen LogP contribution in [0.5, 0.6) is 0 Å². The molecule has 1 aromatic carbocycles. The van der Waals surface area contributed by atoms with Gasteiger partial charge in [0.2, 0.25) is 0 Å². The zero-order valence-corrected chi connectivity index (χ0v) is 13.5. The van der Waals surface area contributed by atoms with Gasteiger partial charge in [0, 0.05) is 44.0 Å². The van der Waals surface area contributed by atoms with Crippen LogP contribution in [0.4, 0.5) is 5.69 Å². The van der Waals surface area contributed by atoms with E-state index in [2.05, 4.69) is 42.3 Å². The molecular formula is C16H25ClN2O. The molecule has 1 heterocycles. The van der Waals surface area contributed by atoms with Gasteiger partial charge in [-0.1, -0.05) is 31.5 Å². The molecule has 0 unspecified atom stereocenters. The van der Waals surface area contributed by atoms with Crippen LogP contribution >= 0.6 is 11.6 Å². The molecule has 3 nitrogen and oxygen atoms in total. The Hall–Kier alpha value is -0.770. The van der Waals surface area contributed by atoms with Gasteiger partial charge in [0.1, 0.15) is 0 Å². The van der Waals surface area contributed by atoms with E-state index in [1.54, 1.807) is 7.11 Å². The summed E-state index contributed by atoms with van der Waals surface area (Å²) in [6.07, 6.45) is 1.24. The van der Waals surface area contributed by atoms with Crippen LogP contribution in [0.25, 0.3) is 0 Å². The molecule has 1 aliphatic rings. The van der Waals surface area contributed by atoms with Crippen LogP contribution in [0, 0.1) is 5.41 Å². The van der Waals surface area contributed by atoms with E-state index in [1.165, 1.54) is 12.1 Å². The molecule has 4 heteroatoms. The highest BCUT2D eigenvalue weighted by atomic mass is 35.5. The van der Waals surface area contributed by atoms with Gasteiger partial charge in [-0.2, -0.15) is 0 Å². The van der Waals surface area contributed by atoms with Gasteiger partial charge in [-0.3, -0.25) is 0 Å². The molecule has 1 aromatic rings. The zero-order valence-electron chi connectivity index (χ0n) is 12.7. The smallest absolute Gasteiger partial charge is 0.0587 e. The predicted octanol–water partition coefficient (Wildman–Crippen LogP) is 3.31. The molecule has 0 atom stereocenters. The van der Waals surface area contributed by atoms with Crippen molar-refractivity contribution in [3.05, 3.63) is 28.8 Å². The summed E-state index contributed by atoms with van der Waals surface area (Å²) in [4.78, 5) is 2.42. The van der Waals surface area contributed by atoms with Gasteiger partial charge in [0.15, 0.2) is 0 Å². The first kappa shape index (κ1) is 15.6. The summed E-state index contributed by atoms with van der Waals surface area (Å²) in [5.41, 5.74) is 2.79. The van der Waals surface area contributed by atoms with Gasteiger partial charge < -0.3 is 15.0 Å². The lowest BCUT2D eigenvalue weighted by molar-refractivity contribution is 0.199. The second-order valence-electron chi connectivity index (χ2n) is 6.28. The number of halogens is 1. The summed E-state index contributed by atoms with van der Waals surface area (Å²) in [6.45, 7) is 9.22. The number of hydrogen-bond acceptors (Lipinski definition) is 3. The number of nitrogens with one attached hydrogen (secondary N) is 1. The zero-order chi connectivity index (χ0) is 14.6. The third-order valence-corrected chi connectivity index (χ3v) is 4.23. The molecule has 1 aliphatic heterocycles. The fraction of sp³-hybridized carbons (Fsp3) is 0.625. The maximum absolute atomic E-state index is 6.39. The summed E-state index contributed by atoms with van der Waals surface area (Å²) in [6, 6.07) is 6.40. The van der Waals surface area contributed by atoms with Crippen molar-refractivity contribution in [1.82, 2.24) is 5.32 Å². The summed E-state index contributed by atoms with van der Waals surface area (Å²) in [7, 11) is 1.71. The molecule has 0 saturated carbocycles. The number of ether oxygens (including phenoxy) is 1. The summed E-state index contributed by atoms with van der Waals surface area (Å²) in [5, 5.41) is 4.17. The van der Waals surface area contributed by atoms with Gasteiger partial charge >= 0.3 is 0 Å². The van der Waals surface area contributed by atoms with Crippen molar-refractivity contribution < 1.29 is 4.74 Å². The van der Waals surface area contributed by atoms with E-state index in [1.807, 2.05) is 0 Å². The lowest BCUT2D eigenvalue weighted by Gasteiger charge is -2.22. The summed E-state index contributed by atoms with van der Waals surface area (Å²) >= 11 is 6.39. The SMILES string of the molecule is COCCNCc1ccc(N2CCC(C)(C)C2)cc1Cl. The minimum absolute atomic E-state index is 0.410. The average molecular weight is 297 g/mol. The van der Waals surface area contributed by atoms with E-state index in [-0.39, 0.29) is 0 Å². The first-order chi connectivity index (χ1) is 9.52. The van der Waals surface area contributed by atoms with Crippen LogP contribution in [0.15, 0.2) is 18.2 Å². The highest BCUT2D eigenvalue weighted by Gasteiger charge is 2.29. The van der Waals surface area contributed by atoms with Gasteiger partial charge in [0.25, 0.3) is 0 Å². The van der Waals surface area contributed by atoms with Gasteiger partial charge in [-0.05, 0) is 29.5 Å². The quantitative estimate of drug-likeness (QED) is 0.815. The lowest BCUT2D eigenvalue weighted by Crippen LogP contribution is -2.23. The molecule has 0 radical (unpaired) electrons. The maximum Gasteiger partial charge on any atom is 0.0587 e. The standard InChI is InChI=1S/C16H25ClN2O/c1-16(2)6-8-19(12-16)14-5-4-13(15(17)10-14)11-18-7-9-20-3/h4-5,10,18H,6-9,11-12H2,1-3H3. The molecule has 1 N–H and O–H groups in total. The highest BCUT2D eigenvalue weighted by Crippen LogP contribution is 2.34. The van der Waals surface area contributed by atoms with Crippen LogP contribution in [-0.2, 0) is 11.3 Å². The van der Waals surface area contributed by atoms with Gasteiger partial charge in [-0.25, -0.2) is 0 Å². The van der Waals surface area contributed by atoms with Gasteiger partial charge in [-0.15, -0.1) is 0 Å². The van der Waals surface area contributed by atoms with Crippen molar-refractivity contribution >= 4 is 17.3 Å². The molecule has 0 aromatic heterocycles. The highest BCUT2D eigenvalue weighted by molar-refractivity contribution is 6.31. The Morgan fingerprint density at radius 1 is 1.40 bits per heavy atom. The Morgan fingerprint density at radius 2 is 2.20 bits per heavy atom. The number of nitrogens with zero attached hydrogens (tertiary/aromatic N) is 1. The average Bonchev–Trinajstić information content (AvgIpc) is 2.76. The van der Waals surface area contributed by atoms with E-state index in [0.29, 0.717) is 5.41 Å². The molecule has 0 bridgehead atoms. The third-order valence-electron chi connectivity index (χ3n) is 3.88. The summed E-state index contributed by atoms with van der Waals surface area (Å²) < 4.78 is 5.01. The van der Waals surface area contributed by atoms with Crippen LogP contribution < -0.4 is 10.2 Å². The van der Waals surface area contributed by atoms with E-state index in [9.17, 15) is 0 Å². The largest absolute Gasteiger partial charge is 0.383 e. The van der Waals surface area contributed by atoms with Gasteiger partial charge in [0.05, 0.1) is 6.61 Å². The number of benzene rings is 1. The second kappa shape index (κ2) is 6.79. The number of rotatable bonds is 6. The van der Waals surface area contributed by atoms with E-state index in [0.717, 1.165) is 43.4 Å². The minimum Gasteiger partial charge on any atom is -0.383 e. The monoisotopic (exact) mass is 296 g/mol. The van der Waals surface area contributed by atoms with Crippen molar-refractivity contribution in [3.8, 4) is 0 Å². The van der Waals surface area contributed by atoms with Crippen LogP contribution in [-0.4, -0.2) is 33.4 Å². The molecule has 112 valence electrons. The van der Waals surface area contributed by atoms with Crippen LogP contribution in [0.1, 0.15) is 25.8 Å². The Morgan fingerprint density at radius 3 is 2.80 bits per heavy atom. The topological polar surface area (TPSA) is 24.5 Å². The fourth-order valence-electron chi connectivity index (χ4n) is 2.61. The fourth-order valence-corrected chi connectivity index (χ4v) is 2.85. The Kier molecular flexibility index (Phi) is 5.30. The van der Waals surface area contributed by atoms with Crippen LogP contribution in [0.3, 0.4) is 0 Å². The van der Waals surface area contributed by atoms with E-state index in [4.69, 9.17) is 16.3 Å². The summed E-state index contributed by atoms with van der Waals surface area (Å²) in [5.74, 6) is 0. The number of anilines is 1. The molecule has 2 rings (SSSR count). The van der Waals surface area contributed by atoms with E-state index < -0.39 is 0 Å². The molecule has 1 fully saturated rings. The lowest BCUT2D eigenvalue weighted by atomic mass is 9.93. The maximum atomic E-state index is 6.39. The first-order valence-electron chi connectivity index (χ1n) is 7.25. The molecule has 0 spiro atoms. The van der Waals surface area contributed by atoms with Crippen molar-refractivity contribution in [2.24, 2.45) is 5.41 Å². The Bertz CT molecular complexity index is 448. The normalized spacial score (nSPS) is 17.7. The molecular weight excluding hydrogens is 272 g/mol. The number of hydrogen-bond donors (Lipinski definition) is 1. The molecule has 1 saturated heterocycles. The van der Waals surface area contributed by atoms with Crippen molar-refractivity contribution in [3.63, 3.8) is 0 Å². The second-order valence-corrected chi connectivity index (χ2v) is 6.69. The molecule has 0 aliphatic carbocycles. The molecule has 0 amide bonds. The first-order valence-corrected chi connectivity index (χ1v) is 7.63. The minimum atomic E-state index is 0.410. The third kappa shape index (κ3) is 4.11. The number of methoxy groups -OCH3 is 1.